The minimum atomic E-state index is -4.55. The second-order valence-electron chi connectivity index (χ2n) is 4.26. The van der Waals surface area contributed by atoms with Crippen molar-refractivity contribution in [3.63, 3.8) is 0 Å². The molecule has 0 bridgehead atoms. The van der Waals surface area contributed by atoms with Gasteiger partial charge in [-0.3, -0.25) is 10.1 Å². The van der Waals surface area contributed by atoms with Gasteiger partial charge in [-0.15, -0.1) is 0 Å². The van der Waals surface area contributed by atoms with E-state index in [0.29, 0.717) is 16.9 Å². The molecule has 0 atom stereocenters. The molecule has 0 N–H and O–H groups in total. The van der Waals surface area contributed by atoms with Crippen LogP contribution in [0.1, 0.15) is 29.3 Å². The summed E-state index contributed by atoms with van der Waals surface area (Å²) in [6, 6.07) is 0. The average Bonchev–Trinajstić information content (AvgIpc) is 3.03. The standard InChI is InChI=1S/C10H6F3N3O2S/c11-10(12,13)9-15-7-6(4-1-2-4)5(16(17)18)3-14-8(7)19-9/h3-4H,1-2H2. The molecule has 0 radical (unpaired) electrons. The van der Waals surface area contributed by atoms with E-state index in [0.717, 1.165) is 19.0 Å². The van der Waals surface area contributed by atoms with Crippen molar-refractivity contribution in [1.82, 2.24) is 9.97 Å². The molecular weight excluding hydrogens is 283 g/mol. The molecule has 100 valence electrons. The first kappa shape index (κ1) is 12.3. The van der Waals surface area contributed by atoms with E-state index >= 15 is 0 Å². The summed E-state index contributed by atoms with van der Waals surface area (Å²) in [5.41, 5.74) is 0.0739. The number of nitro groups is 1. The molecule has 1 fully saturated rings. The number of rotatable bonds is 2. The molecule has 0 saturated heterocycles. The van der Waals surface area contributed by atoms with Crippen LogP contribution in [0, 0.1) is 10.1 Å². The van der Waals surface area contributed by atoms with Crippen molar-refractivity contribution >= 4 is 27.4 Å². The fourth-order valence-corrected chi connectivity index (χ4v) is 2.72. The maximum atomic E-state index is 12.6. The quantitative estimate of drug-likeness (QED) is 0.626. The highest BCUT2D eigenvalue weighted by Gasteiger charge is 2.39. The molecule has 0 aliphatic heterocycles. The van der Waals surface area contributed by atoms with Crippen LogP contribution in [0.25, 0.3) is 10.3 Å². The van der Waals surface area contributed by atoms with Gasteiger partial charge in [0.15, 0.2) is 0 Å². The molecule has 9 heteroatoms. The summed E-state index contributed by atoms with van der Waals surface area (Å²) in [6.07, 6.45) is -2.06. The third-order valence-electron chi connectivity index (χ3n) is 2.87. The lowest BCUT2D eigenvalue weighted by molar-refractivity contribution is -0.385. The predicted octanol–water partition coefficient (Wildman–Crippen LogP) is 3.50. The van der Waals surface area contributed by atoms with Crippen LogP contribution in [-0.2, 0) is 6.18 Å². The first-order valence-corrected chi connectivity index (χ1v) is 6.20. The van der Waals surface area contributed by atoms with E-state index in [9.17, 15) is 23.3 Å². The van der Waals surface area contributed by atoms with Gasteiger partial charge >= 0.3 is 6.18 Å². The van der Waals surface area contributed by atoms with Gasteiger partial charge in [-0.05, 0) is 18.8 Å². The van der Waals surface area contributed by atoms with Gasteiger partial charge in [0.25, 0.3) is 5.69 Å². The number of fused-ring (bicyclic) bond motifs is 1. The normalized spacial score (nSPS) is 15.9. The van der Waals surface area contributed by atoms with Gasteiger partial charge in [0.05, 0.1) is 10.5 Å². The molecule has 5 nitrogen and oxygen atoms in total. The number of alkyl halides is 3. The van der Waals surface area contributed by atoms with Crippen molar-refractivity contribution in [2.24, 2.45) is 0 Å². The van der Waals surface area contributed by atoms with Crippen molar-refractivity contribution in [3.8, 4) is 0 Å². The SMILES string of the molecule is O=[N+]([O-])c1cnc2sc(C(F)(F)F)nc2c1C1CC1. The minimum absolute atomic E-state index is 0.0222. The maximum absolute atomic E-state index is 12.6. The maximum Gasteiger partial charge on any atom is 0.443 e. The lowest BCUT2D eigenvalue weighted by Gasteiger charge is -2.01. The number of halogens is 3. The van der Waals surface area contributed by atoms with E-state index in [2.05, 4.69) is 9.97 Å². The Hall–Kier alpha value is -1.77. The van der Waals surface area contributed by atoms with Crippen LogP contribution in [0.2, 0.25) is 0 Å². The van der Waals surface area contributed by atoms with Crippen LogP contribution in [0.15, 0.2) is 6.20 Å². The highest BCUT2D eigenvalue weighted by Crippen LogP contribution is 2.48. The molecule has 3 rings (SSSR count). The van der Waals surface area contributed by atoms with Crippen LogP contribution in [0.5, 0.6) is 0 Å². The Bertz CT molecular complexity index is 678. The number of pyridine rings is 1. The van der Waals surface area contributed by atoms with E-state index in [-0.39, 0.29) is 22.0 Å². The Balaban J connectivity index is 2.27. The number of hydrogen-bond donors (Lipinski definition) is 0. The average molecular weight is 289 g/mol. The second-order valence-corrected chi connectivity index (χ2v) is 5.24. The zero-order valence-electron chi connectivity index (χ0n) is 9.27. The molecule has 19 heavy (non-hydrogen) atoms. The summed E-state index contributed by atoms with van der Waals surface area (Å²) < 4.78 is 37.9. The highest BCUT2D eigenvalue weighted by atomic mass is 32.1. The summed E-state index contributed by atoms with van der Waals surface area (Å²) in [5, 5.41) is 9.90. The third kappa shape index (κ3) is 2.03. The predicted molar refractivity (Wildman–Crippen MR) is 61.0 cm³/mol. The summed E-state index contributed by atoms with van der Waals surface area (Å²) in [5.74, 6) is -0.0749. The highest BCUT2D eigenvalue weighted by molar-refractivity contribution is 7.18. The van der Waals surface area contributed by atoms with Crippen molar-refractivity contribution in [2.75, 3.05) is 0 Å². The van der Waals surface area contributed by atoms with Gasteiger partial charge in [0, 0.05) is 0 Å². The van der Waals surface area contributed by atoms with Crippen LogP contribution in [-0.4, -0.2) is 14.9 Å². The largest absolute Gasteiger partial charge is 0.443 e. The molecule has 1 aliphatic rings. The lowest BCUT2D eigenvalue weighted by atomic mass is 10.1. The first-order chi connectivity index (χ1) is 8.88. The van der Waals surface area contributed by atoms with E-state index in [4.69, 9.17) is 0 Å². The molecule has 0 unspecified atom stereocenters. The van der Waals surface area contributed by atoms with Gasteiger partial charge in [-0.2, -0.15) is 13.2 Å². The lowest BCUT2D eigenvalue weighted by Crippen LogP contribution is -2.03. The summed E-state index contributed by atoms with van der Waals surface area (Å²) in [4.78, 5) is 17.6. The van der Waals surface area contributed by atoms with Crippen LogP contribution >= 0.6 is 11.3 Å². The topological polar surface area (TPSA) is 68.9 Å². The van der Waals surface area contributed by atoms with Crippen LogP contribution in [0.4, 0.5) is 18.9 Å². The third-order valence-corrected chi connectivity index (χ3v) is 3.88. The molecule has 1 saturated carbocycles. The van der Waals surface area contributed by atoms with Crippen LogP contribution < -0.4 is 0 Å². The molecule has 0 aromatic carbocycles. The molecular formula is C10H6F3N3O2S. The Morgan fingerprint density at radius 2 is 2.11 bits per heavy atom. The Morgan fingerprint density at radius 1 is 1.42 bits per heavy atom. The zero-order chi connectivity index (χ0) is 13.8. The Kier molecular flexibility index (Phi) is 2.49. The number of thiazole rings is 1. The van der Waals surface area contributed by atoms with E-state index < -0.39 is 16.1 Å². The summed E-state index contributed by atoms with van der Waals surface area (Å²) in [7, 11) is 0. The molecule has 0 spiro atoms. The van der Waals surface area contributed by atoms with Gasteiger partial charge < -0.3 is 0 Å². The monoisotopic (exact) mass is 289 g/mol. The van der Waals surface area contributed by atoms with Crippen molar-refractivity contribution in [3.05, 3.63) is 26.9 Å². The van der Waals surface area contributed by atoms with E-state index in [1.54, 1.807) is 0 Å². The Morgan fingerprint density at radius 3 is 2.63 bits per heavy atom. The van der Waals surface area contributed by atoms with Gasteiger partial charge in [0.1, 0.15) is 16.5 Å². The Labute approximate surface area is 108 Å². The van der Waals surface area contributed by atoms with Gasteiger partial charge in [-0.25, -0.2) is 9.97 Å². The summed E-state index contributed by atoms with van der Waals surface area (Å²) in [6.45, 7) is 0. The summed E-state index contributed by atoms with van der Waals surface area (Å²) >= 11 is 0.414. The van der Waals surface area contributed by atoms with E-state index in [1.807, 2.05) is 0 Å². The number of hydrogen-bond acceptors (Lipinski definition) is 5. The van der Waals surface area contributed by atoms with Crippen LogP contribution in [0.3, 0.4) is 0 Å². The minimum Gasteiger partial charge on any atom is -0.258 e. The first-order valence-electron chi connectivity index (χ1n) is 5.39. The van der Waals surface area contributed by atoms with Gasteiger partial charge in [0.2, 0.25) is 5.01 Å². The van der Waals surface area contributed by atoms with Gasteiger partial charge in [-0.1, -0.05) is 11.3 Å². The molecule has 1 aliphatic carbocycles. The fraction of sp³-hybridized carbons (Fsp3) is 0.400. The smallest absolute Gasteiger partial charge is 0.258 e. The zero-order valence-corrected chi connectivity index (χ0v) is 10.1. The fourth-order valence-electron chi connectivity index (χ4n) is 1.93. The van der Waals surface area contributed by atoms with Crippen molar-refractivity contribution in [2.45, 2.75) is 24.9 Å². The molecule has 0 amide bonds. The van der Waals surface area contributed by atoms with E-state index in [1.165, 1.54) is 0 Å². The van der Waals surface area contributed by atoms with Crippen molar-refractivity contribution in [1.29, 1.82) is 0 Å². The second kappa shape index (κ2) is 3.86. The number of nitrogens with zero attached hydrogens (tertiary/aromatic N) is 3. The molecule has 2 heterocycles. The molecule has 2 aromatic heterocycles. The number of aromatic nitrogens is 2. The van der Waals surface area contributed by atoms with Crippen molar-refractivity contribution < 1.29 is 18.1 Å². The molecule has 2 aromatic rings.